The highest BCUT2D eigenvalue weighted by molar-refractivity contribution is 8.02. The van der Waals surface area contributed by atoms with Crippen LogP contribution in [0.4, 0.5) is 10.1 Å². The molecule has 0 aliphatic rings. The lowest BCUT2D eigenvalue weighted by molar-refractivity contribution is 0.631. The van der Waals surface area contributed by atoms with Crippen molar-refractivity contribution >= 4 is 40.7 Å². The Morgan fingerprint density at radius 1 is 1.04 bits per heavy atom. The average Bonchev–Trinajstić information content (AvgIpc) is 2.57. The maximum Gasteiger partial charge on any atom is 0.159 e. The van der Waals surface area contributed by atoms with Crippen molar-refractivity contribution in [2.24, 2.45) is 0 Å². The molecule has 0 amide bonds. The highest BCUT2D eigenvalue weighted by atomic mass is 35.5. The number of halogens is 3. The summed E-state index contributed by atoms with van der Waals surface area (Å²) in [7, 11) is 0. The molecule has 120 valence electrons. The van der Waals surface area contributed by atoms with E-state index in [0.29, 0.717) is 21.4 Å². The molecule has 2 rings (SSSR count). The van der Waals surface area contributed by atoms with Gasteiger partial charge < -0.3 is 5.32 Å². The van der Waals surface area contributed by atoms with Crippen molar-refractivity contribution in [1.82, 2.24) is 0 Å². The molecule has 0 spiro atoms. The molecule has 2 aromatic carbocycles. The van der Waals surface area contributed by atoms with Gasteiger partial charge >= 0.3 is 0 Å². The standard InChI is InChI=1S/C17H10Cl2FN3S/c18-13-4-3-5-14(19)12(13)10-24-17(11(8-21)9-22)23-16-7-2-1-6-15(16)20/h1-7,23H,10H2. The predicted octanol–water partition coefficient (Wildman–Crippen LogP) is 5.74. The lowest BCUT2D eigenvalue weighted by Crippen LogP contribution is -2.02. The van der Waals surface area contributed by atoms with E-state index in [-0.39, 0.29) is 16.3 Å². The molecule has 0 radical (unpaired) electrons. The number of benzene rings is 2. The van der Waals surface area contributed by atoms with E-state index < -0.39 is 5.82 Å². The third kappa shape index (κ3) is 4.43. The van der Waals surface area contributed by atoms with E-state index in [9.17, 15) is 4.39 Å². The van der Waals surface area contributed by atoms with Crippen LogP contribution in [0, 0.1) is 28.5 Å². The molecule has 0 aromatic heterocycles. The van der Waals surface area contributed by atoms with E-state index in [4.69, 9.17) is 33.7 Å². The van der Waals surface area contributed by atoms with Gasteiger partial charge in [0.1, 0.15) is 23.0 Å². The summed E-state index contributed by atoms with van der Waals surface area (Å²) < 4.78 is 13.8. The molecule has 0 unspecified atom stereocenters. The van der Waals surface area contributed by atoms with Crippen molar-refractivity contribution in [3.05, 3.63) is 74.5 Å². The van der Waals surface area contributed by atoms with Crippen molar-refractivity contribution in [2.75, 3.05) is 5.32 Å². The van der Waals surface area contributed by atoms with Gasteiger partial charge in [-0.2, -0.15) is 10.5 Å². The van der Waals surface area contributed by atoms with Crippen LogP contribution in [0.15, 0.2) is 53.1 Å². The van der Waals surface area contributed by atoms with E-state index >= 15 is 0 Å². The van der Waals surface area contributed by atoms with Gasteiger partial charge in [0.2, 0.25) is 0 Å². The molecule has 0 saturated carbocycles. The minimum absolute atomic E-state index is 0.147. The number of thioether (sulfide) groups is 1. The molecule has 0 aliphatic carbocycles. The van der Waals surface area contributed by atoms with Crippen molar-refractivity contribution in [1.29, 1.82) is 10.5 Å². The van der Waals surface area contributed by atoms with Crippen LogP contribution >= 0.6 is 35.0 Å². The molecule has 2 aromatic rings. The van der Waals surface area contributed by atoms with Gasteiger partial charge in [0.15, 0.2) is 5.57 Å². The first-order valence-corrected chi connectivity index (χ1v) is 8.42. The van der Waals surface area contributed by atoms with Gasteiger partial charge in [0, 0.05) is 15.8 Å². The SMILES string of the molecule is N#CC(C#N)=C(Nc1ccccc1F)SCc1c(Cl)cccc1Cl. The molecule has 0 saturated heterocycles. The highest BCUT2D eigenvalue weighted by Crippen LogP contribution is 2.33. The molecule has 0 atom stereocenters. The van der Waals surface area contributed by atoms with Crippen LogP contribution in [-0.2, 0) is 5.75 Å². The molecule has 0 fully saturated rings. The van der Waals surface area contributed by atoms with E-state index in [1.165, 1.54) is 12.1 Å². The summed E-state index contributed by atoms with van der Waals surface area (Å²) in [6, 6.07) is 14.7. The van der Waals surface area contributed by atoms with E-state index in [0.717, 1.165) is 11.8 Å². The van der Waals surface area contributed by atoms with Crippen LogP contribution in [0.5, 0.6) is 0 Å². The lowest BCUT2D eigenvalue weighted by atomic mass is 10.2. The summed E-state index contributed by atoms with van der Waals surface area (Å²) in [5.74, 6) is -0.163. The first-order valence-electron chi connectivity index (χ1n) is 6.68. The van der Waals surface area contributed by atoms with Crippen molar-refractivity contribution in [2.45, 2.75) is 5.75 Å². The fourth-order valence-corrected chi connectivity index (χ4v) is 3.50. The summed E-state index contributed by atoms with van der Waals surface area (Å²) >= 11 is 13.4. The van der Waals surface area contributed by atoms with Crippen LogP contribution in [0.1, 0.15) is 5.56 Å². The number of hydrogen-bond acceptors (Lipinski definition) is 4. The van der Waals surface area contributed by atoms with Gasteiger partial charge in [-0.25, -0.2) is 4.39 Å². The lowest BCUT2D eigenvalue weighted by Gasteiger charge is -2.13. The number of hydrogen-bond donors (Lipinski definition) is 1. The number of rotatable bonds is 5. The number of nitriles is 2. The van der Waals surface area contributed by atoms with Crippen LogP contribution in [0.3, 0.4) is 0 Å². The van der Waals surface area contributed by atoms with E-state index in [2.05, 4.69) is 5.32 Å². The fourth-order valence-electron chi connectivity index (χ4n) is 1.80. The predicted molar refractivity (Wildman–Crippen MR) is 96.0 cm³/mol. The summed E-state index contributed by atoms with van der Waals surface area (Å²) in [4.78, 5) is 0. The Bertz CT molecular complexity index is 833. The second kappa shape index (κ2) is 8.61. The third-order valence-corrected chi connectivity index (χ3v) is 4.73. The van der Waals surface area contributed by atoms with Crippen LogP contribution in [-0.4, -0.2) is 0 Å². The average molecular weight is 378 g/mol. The normalized spacial score (nSPS) is 9.71. The van der Waals surface area contributed by atoms with Crippen molar-refractivity contribution in [3.8, 4) is 12.1 Å². The first-order chi connectivity index (χ1) is 11.6. The van der Waals surface area contributed by atoms with Gasteiger partial charge in [0.25, 0.3) is 0 Å². The molecule has 24 heavy (non-hydrogen) atoms. The van der Waals surface area contributed by atoms with E-state index in [1.54, 1.807) is 42.5 Å². The maximum atomic E-state index is 13.8. The molecular weight excluding hydrogens is 368 g/mol. The number of allylic oxidation sites excluding steroid dienone is 1. The van der Waals surface area contributed by atoms with Crippen molar-refractivity contribution in [3.63, 3.8) is 0 Å². The van der Waals surface area contributed by atoms with E-state index in [1.807, 2.05) is 0 Å². The van der Waals surface area contributed by atoms with Crippen LogP contribution in [0.25, 0.3) is 0 Å². The highest BCUT2D eigenvalue weighted by Gasteiger charge is 2.13. The van der Waals surface area contributed by atoms with Gasteiger partial charge in [-0.15, -0.1) is 11.8 Å². The number of anilines is 1. The second-order valence-electron chi connectivity index (χ2n) is 4.52. The summed E-state index contributed by atoms with van der Waals surface area (Å²) in [6.07, 6.45) is 0. The largest absolute Gasteiger partial charge is 0.346 e. The molecule has 7 heteroatoms. The summed E-state index contributed by atoms with van der Waals surface area (Å²) in [5, 5.41) is 22.2. The zero-order chi connectivity index (χ0) is 17.5. The number of para-hydroxylation sites is 1. The molecule has 0 aliphatic heterocycles. The fraction of sp³-hybridized carbons (Fsp3) is 0.0588. The first kappa shape index (κ1) is 18.2. The van der Waals surface area contributed by atoms with Gasteiger partial charge in [-0.3, -0.25) is 0 Å². The Kier molecular flexibility index (Phi) is 6.52. The van der Waals surface area contributed by atoms with Gasteiger partial charge in [0.05, 0.1) is 5.69 Å². The topological polar surface area (TPSA) is 59.6 Å². The summed E-state index contributed by atoms with van der Waals surface area (Å²) in [6.45, 7) is 0. The molecule has 3 nitrogen and oxygen atoms in total. The monoisotopic (exact) mass is 377 g/mol. The van der Waals surface area contributed by atoms with Crippen LogP contribution < -0.4 is 5.32 Å². The Morgan fingerprint density at radius 3 is 2.25 bits per heavy atom. The Balaban J connectivity index is 2.29. The number of nitrogens with zero attached hydrogens (tertiary/aromatic N) is 2. The van der Waals surface area contributed by atoms with Crippen LogP contribution in [0.2, 0.25) is 10.0 Å². The molecule has 1 N–H and O–H groups in total. The molecular formula is C17H10Cl2FN3S. The number of nitrogens with one attached hydrogen (secondary N) is 1. The maximum absolute atomic E-state index is 13.8. The molecule has 0 heterocycles. The smallest absolute Gasteiger partial charge is 0.159 e. The Hall–Kier alpha value is -2.18. The summed E-state index contributed by atoms with van der Waals surface area (Å²) in [5.41, 5.74) is 0.702. The van der Waals surface area contributed by atoms with Gasteiger partial charge in [-0.05, 0) is 29.8 Å². The quantitative estimate of drug-likeness (QED) is 0.675. The van der Waals surface area contributed by atoms with Gasteiger partial charge in [-0.1, -0.05) is 41.4 Å². The second-order valence-corrected chi connectivity index (χ2v) is 6.32. The third-order valence-electron chi connectivity index (χ3n) is 3.00. The zero-order valence-electron chi connectivity index (χ0n) is 12.2. The Labute approximate surface area is 153 Å². The molecule has 0 bridgehead atoms. The zero-order valence-corrected chi connectivity index (χ0v) is 14.5. The Morgan fingerprint density at radius 2 is 1.67 bits per heavy atom. The minimum Gasteiger partial charge on any atom is -0.346 e. The minimum atomic E-state index is -0.485. The van der Waals surface area contributed by atoms with Crippen molar-refractivity contribution < 1.29 is 4.39 Å².